The predicted molar refractivity (Wildman–Crippen MR) is 107 cm³/mol. The van der Waals surface area contributed by atoms with E-state index in [1.807, 2.05) is 24.0 Å². The number of hydrogen-bond acceptors (Lipinski definition) is 6. The Balaban J connectivity index is 0.000000941. The van der Waals surface area contributed by atoms with Crippen molar-refractivity contribution in [3.05, 3.63) is 41.6 Å². The summed E-state index contributed by atoms with van der Waals surface area (Å²) in [5, 5.41) is 6.89. The van der Waals surface area contributed by atoms with Gasteiger partial charge in [0.05, 0.1) is 6.33 Å². The molecule has 3 heterocycles. The Morgan fingerprint density at radius 2 is 1.93 bits per heavy atom. The van der Waals surface area contributed by atoms with Crippen molar-refractivity contribution in [2.45, 2.75) is 13.3 Å². The Morgan fingerprint density at radius 3 is 2.55 bits per heavy atom. The van der Waals surface area contributed by atoms with Gasteiger partial charge in [-0.25, -0.2) is 9.97 Å². The number of imidazole rings is 1. The maximum absolute atomic E-state index is 12.7. The molecule has 0 aromatic carbocycles. The molecule has 10 heteroatoms. The first-order valence-corrected chi connectivity index (χ1v) is 9.19. The summed E-state index contributed by atoms with van der Waals surface area (Å²) in [6, 6.07) is 5.47. The molecule has 156 valence electrons. The minimum absolute atomic E-state index is 0.0462. The lowest BCUT2D eigenvalue weighted by molar-refractivity contribution is -0.122. The van der Waals surface area contributed by atoms with Gasteiger partial charge in [-0.2, -0.15) is 0 Å². The Kier molecular flexibility index (Phi) is 7.70. The molecule has 2 N–H and O–H groups in total. The zero-order valence-electron chi connectivity index (χ0n) is 16.8. The summed E-state index contributed by atoms with van der Waals surface area (Å²) in [7, 11) is 3.42. The summed E-state index contributed by atoms with van der Waals surface area (Å²) >= 11 is 0. The number of pyridine rings is 1. The first-order chi connectivity index (χ1) is 13.9. The van der Waals surface area contributed by atoms with Crippen molar-refractivity contribution >= 4 is 24.1 Å². The SMILES string of the molecule is Cc1[nH]cnc1C(=O)N1CCCN(c2cccc(C(=O)N(C)C)n2)CC1.O=CO. The highest BCUT2D eigenvalue weighted by atomic mass is 16.3. The van der Waals surface area contributed by atoms with E-state index in [2.05, 4.69) is 19.9 Å². The first kappa shape index (κ1) is 21.9. The van der Waals surface area contributed by atoms with E-state index in [4.69, 9.17) is 9.90 Å². The number of H-pyrrole nitrogens is 1. The average molecular weight is 402 g/mol. The summed E-state index contributed by atoms with van der Waals surface area (Å²) in [5.41, 5.74) is 1.69. The predicted octanol–water partition coefficient (Wildman–Crippen LogP) is 0.868. The van der Waals surface area contributed by atoms with Gasteiger partial charge in [-0.15, -0.1) is 0 Å². The fourth-order valence-corrected chi connectivity index (χ4v) is 3.02. The van der Waals surface area contributed by atoms with Crippen LogP contribution < -0.4 is 4.90 Å². The van der Waals surface area contributed by atoms with Crippen molar-refractivity contribution < 1.29 is 19.5 Å². The molecule has 0 spiro atoms. The van der Waals surface area contributed by atoms with Crippen molar-refractivity contribution in [2.75, 3.05) is 45.2 Å². The molecule has 0 atom stereocenters. The normalized spacial score (nSPS) is 13.8. The number of carbonyl (C=O) groups excluding carboxylic acids is 2. The number of amides is 2. The van der Waals surface area contributed by atoms with Crippen LogP contribution in [0.25, 0.3) is 0 Å². The number of nitrogens with one attached hydrogen (secondary N) is 1. The van der Waals surface area contributed by atoms with E-state index in [1.54, 1.807) is 26.5 Å². The number of hydrogen-bond donors (Lipinski definition) is 2. The van der Waals surface area contributed by atoms with Crippen molar-refractivity contribution in [1.82, 2.24) is 24.8 Å². The molecule has 29 heavy (non-hydrogen) atoms. The maximum Gasteiger partial charge on any atom is 0.290 e. The Hall–Kier alpha value is -3.43. The van der Waals surface area contributed by atoms with Crippen LogP contribution in [0, 0.1) is 6.92 Å². The van der Waals surface area contributed by atoms with E-state index >= 15 is 0 Å². The molecule has 0 saturated carbocycles. The quantitative estimate of drug-likeness (QED) is 0.730. The van der Waals surface area contributed by atoms with Gasteiger partial charge >= 0.3 is 0 Å². The van der Waals surface area contributed by atoms with E-state index in [1.165, 1.54) is 4.90 Å². The summed E-state index contributed by atoms with van der Waals surface area (Å²) < 4.78 is 0. The zero-order valence-corrected chi connectivity index (χ0v) is 16.8. The number of aryl methyl sites for hydroxylation is 1. The second kappa shape index (κ2) is 10.2. The molecule has 3 rings (SSSR count). The van der Waals surface area contributed by atoms with Gasteiger partial charge in [0, 0.05) is 46.0 Å². The summed E-state index contributed by atoms with van der Waals surface area (Å²) in [4.78, 5) is 50.2. The highest BCUT2D eigenvalue weighted by Crippen LogP contribution is 2.16. The Labute approximate surface area is 169 Å². The van der Waals surface area contributed by atoms with E-state index in [-0.39, 0.29) is 18.3 Å². The lowest BCUT2D eigenvalue weighted by Crippen LogP contribution is -2.36. The topological polar surface area (TPSA) is 123 Å². The van der Waals surface area contributed by atoms with Crippen LogP contribution in [0.5, 0.6) is 0 Å². The second-order valence-corrected chi connectivity index (χ2v) is 6.69. The highest BCUT2D eigenvalue weighted by Gasteiger charge is 2.23. The maximum atomic E-state index is 12.7. The Morgan fingerprint density at radius 1 is 1.21 bits per heavy atom. The van der Waals surface area contributed by atoms with Gasteiger partial charge < -0.3 is 24.8 Å². The molecule has 0 aliphatic carbocycles. The van der Waals surface area contributed by atoms with E-state index in [9.17, 15) is 9.59 Å². The minimum Gasteiger partial charge on any atom is -0.483 e. The van der Waals surface area contributed by atoms with Gasteiger partial charge in [-0.1, -0.05) is 6.07 Å². The molecule has 10 nitrogen and oxygen atoms in total. The van der Waals surface area contributed by atoms with Crippen LogP contribution in [0.1, 0.15) is 33.1 Å². The second-order valence-electron chi connectivity index (χ2n) is 6.69. The largest absolute Gasteiger partial charge is 0.483 e. The van der Waals surface area contributed by atoms with Crippen LogP contribution in [-0.4, -0.2) is 88.4 Å². The van der Waals surface area contributed by atoms with Crippen molar-refractivity contribution in [2.24, 2.45) is 0 Å². The van der Waals surface area contributed by atoms with Crippen LogP contribution in [0.4, 0.5) is 5.82 Å². The van der Waals surface area contributed by atoms with Crippen molar-refractivity contribution in [3.8, 4) is 0 Å². The summed E-state index contributed by atoms with van der Waals surface area (Å²) in [6.45, 7) is 4.33. The van der Waals surface area contributed by atoms with Crippen LogP contribution >= 0.6 is 0 Å². The third-order valence-corrected chi connectivity index (χ3v) is 4.50. The van der Waals surface area contributed by atoms with E-state index in [0.29, 0.717) is 31.0 Å². The molecule has 2 aromatic rings. The first-order valence-electron chi connectivity index (χ1n) is 9.19. The molecule has 0 radical (unpaired) electrons. The van der Waals surface area contributed by atoms with Gasteiger partial charge in [0.15, 0.2) is 0 Å². The third-order valence-electron chi connectivity index (χ3n) is 4.50. The van der Waals surface area contributed by atoms with Crippen molar-refractivity contribution in [1.29, 1.82) is 0 Å². The van der Waals surface area contributed by atoms with Gasteiger partial charge in [0.25, 0.3) is 18.3 Å². The van der Waals surface area contributed by atoms with Gasteiger partial charge in [-0.05, 0) is 25.5 Å². The molecule has 1 aliphatic rings. The number of aromatic amines is 1. The van der Waals surface area contributed by atoms with E-state index in [0.717, 1.165) is 24.5 Å². The van der Waals surface area contributed by atoms with Gasteiger partial charge in [0.2, 0.25) is 0 Å². The zero-order chi connectivity index (χ0) is 21.4. The lowest BCUT2D eigenvalue weighted by Gasteiger charge is -2.23. The molecule has 2 aromatic heterocycles. The summed E-state index contributed by atoms with van der Waals surface area (Å²) in [6.07, 6.45) is 2.38. The number of nitrogens with zero attached hydrogens (tertiary/aromatic N) is 5. The lowest BCUT2D eigenvalue weighted by atomic mass is 10.3. The van der Waals surface area contributed by atoms with Crippen LogP contribution in [0.2, 0.25) is 0 Å². The number of carbonyl (C=O) groups is 3. The Bertz CT molecular complexity index is 851. The van der Waals surface area contributed by atoms with E-state index < -0.39 is 0 Å². The van der Waals surface area contributed by atoms with Crippen molar-refractivity contribution in [3.63, 3.8) is 0 Å². The summed E-state index contributed by atoms with van der Waals surface area (Å²) in [5.74, 6) is 0.602. The molecule has 1 saturated heterocycles. The number of carboxylic acid groups (broad SMARTS) is 1. The number of aromatic nitrogens is 3. The highest BCUT2D eigenvalue weighted by molar-refractivity contribution is 5.93. The molecular formula is C19H26N6O4. The smallest absolute Gasteiger partial charge is 0.290 e. The number of rotatable bonds is 3. The van der Waals surface area contributed by atoms with Gasteiger partial charge in [0.1, 0.15) is 17.2 Å². The molecular weight excluding hydrogens is 376 g/mol. The number of anilines is 1. The average Bonchev–Trinajstić information content (AvgIpc) is 2.99. The minimum atomic E-state index is -0.250. The monoisotopic (exact) mass is 402 g/mol. The molecule has 1 aliphatic heterocycles. The fourth-order valence-electron chi connectivity index (χ4n) is 3.02. The molecule has 0 bridgehead atoms. The van der Waals surface area contributed by atoms with Crippen LogP contribution in [-0.2, 0) is 4.79 Å². The molecule has 1 fully saturated rings. The van der Waals surface area contributed by atoms with Gasteiger partial charge in [-0.3, -0.25) is 14.4 Å². The third kappa shape index (κ3) is 5.53. The standard InChI is InChI=1S/C18H24N6O2.CH2O2/c1-13-16(20-12-19-13)18(26)24-9-5-8-23(10-11-24)15-7-4-6-14(21-15)17(25)22(2)3;2-1-3/h4,6-7,12H,5,8-11H2,1-3H3,(H,19,20);1H,(H,2,3). The molecule has 0 unspecified atom stereocenters. The fraction of sp³-hybridized carbons (Fsp3) is 0.421. The van der Waals surface area contributed by atoms with Crippen LogP contribution in [0.15, 0.2) is 24.5 Å². The molecule has 2 amide bonds. The van der Waals surface area contributed by atoms with Crippen LogP contribution in [0.3, 0.4) is 0 Å².